The molecule has 106 valence electrons. The summed E-state index contributed by atoms with van der Waals surface area (Å²) in [5.41, 5.74) is 1.65. The van der Waals surface area contributed by atoms with Gasteiger partial charge < -0.3 is 5.11 Å². The predicted molar refractivity (Wildman–Crippen MR) is 74.7 cm³/mol. The summed E-state index contributed by atoms with van der Waals surface area (Å²) in [6.45, 7) is 3.73. The van der Waals surface area contributed by atoms with E-state index in [0.717, 1.165) is 0 Å². The van der Waals surface area contributed by atoms with Gasteiger partial charge in [0.05, 0.1) is 10.7 Å². The van der Waals surface area contributed by atoms with E-state index in [1.54, 1.807) is 13.1 Å². The van der Waals surface area contributed by atoms with E-state index in [1.807, 2.05) is 13.8 Å². The first kappa shape index (κ1) is 14.5. The molecule has 1 aromatic carbocycles. The number of halogens is 2. The molecule has 4 nitrogen and oxygen atoms in total. The summed E-state index contributed by atoms with van der Waals surface area (Å²) in [5.74, 6) is -1.57. The lowest BCUT2D eigenvalue weighted by Crippen LogP contribution is -2.00. The Labute approximate surface area is 120 Å². The standard InChI is InChI=1S/C14H14ClFN2O2/c1-7(2)9-4-8(5-10(15)13(9)16)12-6-11(14(19)20)17-18(12)3/h4-7H,1-3H3,(H,19,20). The molecular formula is C14H14ClFN2O2. The number of aromatic carboxylic acids is 1. The average molecular weight is 297 g/mol. The third kappa shape index (κ3) is 2.54. The second kappa shape index (κ2) is 5.25. The van der Waals surface area contributed by atoms with Crippen molar-refractivity contribution >= 4 is 17.6 Å². The molecule has 0 aliphatic heterocycles. The van der Waals surface area contributed by atoms with Crippen molar-refractivity contribution in [3.8, 4) is 11.3 Å². The van der Waals surface area contributed by atoms with Crippen molar-refractivity contribution in [2.24, 2.45) is 7.05 Å². The Hall–Kier alpha value is -1.88. The quantitative estimate of drug-likeness (QED) is 0.939. The van der Waals surface area contributed by atoms with Gasteiger partial charge in [0.2, 0.25) is 0 Å². The highest BCUT2D eigenvalue weighted by atomic mass is 35.5. The molecule has 1 aromatic heterocycles. The number of carboxylic acids is 1. The maximum Gasteiger partial charge on any atom is 0.356 e. The molecule has 0 aliphatic carbocycles. The van der Waals surface area contributed by atoms with Crippen LogP contribution >= 0.6 is 11.6 Å². The van der Waals surface area contributed by atoms with Crippen molar-refractivity contribution in [1.29, 1.82) is 0 Å². The number of carboxylic acid groups (broad SMARTS) is 1. The fourth-order valence-electron chi connectivity index (χ4n) is 2.02. The molecule has 6 heteroatoms. The minimum atomic E-state index is -1.11. The van der Waals surface area contributed by atoms with E-state index >= 15 is 0 Å². The third-order valence-corrected chi connectivity index (χ3v) is 3.35. The van der Waals surface area contributed by atoms with E-state index < -0.39 is 11.8 Å². The third-order valence-electron chi connectivity index (χ3n) is 3.07. The van der Waals surface area contributed by atoms with E-state index in [1.165, 1.54) is 16.8 Å². The Morgan fingerprint density at radius 2 is 2.05 bits per heavy atom. The number of hydrogen-bond acceptors (Lipinski definition) is 2. The van der Waals surface area contributed by atoms with Crippen molar-refractivity contribution in [1.82, 2.24) is 9.78 Å². The van der Waals surface area contributed by atoms with E-state index in [0.29, 0.717) is 16.8 Å². The second-order valence-electron chi connectivity index (χ2n) is 4.86. The first-order chi connectivity index (χ1) is 9.31. The largest absolute Gasteiger partial charge is 0.476 e. The lowest BCUT2D eigenvalue weighted by atomic mass is 9.98. The van der Waals surface area contributed by atoms with Gasteiger partial charge in [-0.3, -0.25) is 4.68 Å². The van der Waals surface area contributed by atoms with E-state index in [-0.39, 0.29) is 16.6 Å². The Morgan fingerprint density at radius 3 is 2.55 bits per heavy atom. The number of aromatic nitrogens is 2. The van der Waals surface area contributed by atoms with Crippen LogP contribution in [0.4, 0.5) is 4.39 Å². The van der Waals surface area contributed by atoms with Gasteiger partial charge in [0.25, 0.3) is 0 Å². The fourth-order valence-corrected chi connectivity index (χ4v) is 2.25. The Bertz CT molecular complexity index is 680. The average Bonchev–Trinajstić information content (AvgIpc) is 2.74. The summed E-state index contributed by atoms with van der Waals surface area (Å²) in [5, 5.41) is 12.9. The van der Waals surface area contributed by atoms with Crippen LogP contribution in [0.15, 0.2) is 18.2 Å². The van der Waals surface area contributed by atoms with Gasteiger partial charge in [0, 0.05) is 12.6 Å². The highest BCUT2D eigenvalue weighted by molar-refractivity contribution is 6.31. The first-order valence-electron chi connectivity index (χ1n) is 6.08. The van der Waals surface area contributed by atoms with Gasteiger partial charge in [-0.1, -0.05) is 25.4 Å². The van der Waals surface area contributed by atoms with Crippen LogP contribution in [0.3, 0.4) is 0 Å². The molecule has 2 aromatic rings. The number of hydrogen-bond donors (Lipinski definition) is 1. The normalized spacial score (nSPS) is 11.1. The molecule has 0 fully saturated rings. The number of aryl methyl sites for hydroxylation is 1. The summed E-state index contributed by atoms with van der Waals surface area (Å²) in [6.07, 6.45) is 0. The molecule has 0 amide bonds. The van der Waals surface area contributed by atoms with Crippen molar-refractivity contribution in [3.63, 3.8) is 0 Å². The van der Waals surface area contributed by atoms with Gasteiger partial charge in [0.1, 0.15) is 5.82 Å². The van der Waals surface area contributed by atoms with Gasteiger partial charge in [0.15, 0.2) is 5.69 Å². The van der Waals surface area contributed by atoms with Gasteiger partial charge in [-0.15, -0.1) is 0 Å². The summed E-state index contributed by atoms with van der Waals surface area (Å²) in [4.78, 5) is 10.9. The summed E-state index contributed by atoms with van der Waals surface area (Å²) in [6, 6.07) is 4.59. The molecule has 0 saturated heterocycles. The van der Waals surface area contributed by atoms with Gasteiger partial charge >= 0.3 is 5.97 Å². The van der Waals surface area contributed by atoms with Crippen LogP contribution in [0.1, 0.15) is 35.8 Å². The van der Waals surface area contributed by atoms with Crippen molar-refractivity contribution in [3.05, 3.63) is 40.3 Å². The molecule has 1 heterocycles. The maximum absolute atomic E-state index is 13.9. The number of nitrogens with zero attached hydrogens (tertiary/aromatic N) is 2. The molecule has 0 bridgehead atoms. The molecule has 0 aliphatic rings. The molecule has 20 heavy (non-hydrogen) atoms. The van der Waals surface area contributed by atoms with Crippen molar-refractivity contribution in [2.45, 2.75) is 19.8 Å². The monoisotopic (exact) mass is 296 g/mol. The lowest BCUT2D eigenvalue weighted by molar-refractivity contribution is 0.0689. The lowest BCUT2D eigenvalue weighted by Gasteiger charge is -2.11. The molecule has 0 atom stereocenters. The zero-order valence-corrected chi connectivity index (χ0v) is 12.1. The minimum absolute atomic E-state index is 0.0178. The minimum Gasteiger partial charge on any atom is -0.476 e. The summed E-state index contributed by atoms with van der Waals surface area (Å²) >= 11 is 5.91. The fraction of sp³-hybridized carbons (Fsp3) is 0.286. The van der Waals surface area contributed by atoms with Crippen molar-refractivity contribution in [2.75, 3.05) is 0 Å². The number of carbonyl (C=O) groups is 1. The van der Waals surface area contributed by atoms with E-state index in [2.05, 4.69) is 5.10 Å². The number of benzene rings is 1. The highest BCUT2D eigenvalue weighted by Crippen LogP contribution is 2.31. The van der Waals surface area contributed by atoms with Gasteiger partial charge in [-0.05, 0) is 29.7 Å². The molecule has 0 spiro atoms. The van der Waals surface area contributed by atoms with Crippen LogP contribution in [-0.2, 0) is 7.05 Å². The molecule has 1 N–H and O–H groups in total. The van der Waals surface area contributed by atoms with Gasteiger partial charge in [-0.2, -0.15) is 5.10 Å². The van der Waals surface area contributed by atoms with Crippen LogP contribution in [0.2, 0.25) is 5.02 Å². The van der Waals surface area contributed by atoms with Crippen LogP contribution in [0, 0.1) is 5.82 Å². The van der Waals surface area contributed by atoms with Crippen LogP contribution in [0.25, 0.3) is 11.3 Å². The zero-order chi connectivity index (χ0) is 15.0. The molecule has 2 rings (SSSR count). The highest BCUT2D eigenvalue weighted by Gasteiger charge is 2.17. The molecule has 0 unspecified atom stereocenters. The maximum atomic E-state index is 13.9. The van der Waals surface area contributed by atoms with Gasteiger partial charge in [-0.25, -0.2) is 9.18 Å². The van der Waals surface area contributed by atoms with Crippen LogP contribution in [-0.4, -0.2) is 20.9 Å². The Morgan fingerprint density at radius 1 is 1.40 bits per heavy atom. The zero-order valence-electron chi connectivity index (χ0n) is 11.3. The topological polar surface area (TPSA) is 55.1 Å². The summed E-state index contributed by atoms with van der Waals surface area (Å²) in [7, 11) is 1.63. The molecule has 0 saturated carbocycles. The smallest absolute Gasteiger partial charge is 0.356 e. The van der Waals surface area contributed by atoms with E-state index in [4.69, 9.17) is 16.7 Å². The summed E-state index contributed by atoms with van der Waals surface area (Å²) < 4.78 is 15.4. The molecule has 0 radical (unpaired) electrons. The Balaban J connectivity index is 2.61. The van der Waals surface area contributed by atoms with Crippen LogP contribution < -0.4 is 0 Å². The van der Waals surface area contributed by atoms with Crippen LogP contribution in [0.5, 0.6) is 0 Å². The number of rotatable bonds is 3. The first-order valence-corrected chi connectivity index (χ1v) is 6.45. The predicted octanol–water partition coefficient (Wildman–Crippen LogP) is 3.70. The van der Waals surface area contributed by atoms with E-state index in [9.17, 15) is 9.18 Å². The Kier molecular flexibility index (Phi) is 3.81. The second-order valence-corrected chi connectivity index (χ2v) is 5.27. The van der Waals surface area contributed by atoms with Crippen molar-refractivity contribution < 1.29 is 14.3 Å². The SMILES string of the molecule is CC(C)c1cc(-c2cc(C(=O)O)nn2C)cc(Cl)c1F. The molecular weight excluding hydrogens is 283 g/mol.